The van der Waals surface area contributed by atoms with Crippen molar-refractivity contribution >= 4 is 0 Å². The third kappa shape index (κ3) is 4.41. The maximum Gasteiger partial charge on any atom is 0.231 e. The largest absolute Gasteiger partial charge is 0.454 e. The van der Waals surface area contributed by atoms with Gasteiger partial charge in [0.2, 0.25) is 13.6 Å². The highest BCUT2D eigenvalue weighted by atomic mass is 16.7. The van der Waals surface area contributed by atoms with E-state index >= 15 is 0 Å². The Morgan fingerprint density at radius 3 is 1.94 bits per heavy atom. The fourth-order valence-corrected chi connectivity index (χ4v) is 3.97. The third-order valence-corrected chi connectivity index (χ3v) is 5.59. The minimum Gasteiger partial charge on any atom is -0.454 e. The van der Waals surface area contributed by atoms with Crippen molar-refractivity contribution in [3.8, 4) is 23.0 Å². The average Bonchev–Trinajstić information content (AvgIpc) is 3.46. The first kappa shape index (κ1) is 21.7. The molecule has 9 heteroatoms. The van der Waals surface area contributed by atoms with E-state index < -0.39 is 24.0 Å². The maximum atomic E-state index is 11.1. The van der Waals surface area contributed by atoms with Crippen LogP contribution in [0.25, 0.3) is 0 Å². The predicted molar refractivity (Wildman–Crippen MR) is 107 cm³/mol. The van der Waals surface area contributed by atoms with Crippen molar-refractivity contribution in [2.24, 2.45) is 11.8 Å². The zero-order valence-corrected chi connectivity index (χ0v) is 17.1. The van der Waals surface area contributed by atoms with Crippen LogP contribution >= 0.6 is 0 Å². The summed E-state index contributed by atoms with van der Waals surface area (Å²) in [4.78, 5) is 0. The van der Waals surface area contributed by atoms with E-state index in [4.69, 9.17) is 28.4 Å². The fraction of sp³-hybridized carbons (Fsp3) is 0.455. The van der Waals surface area contributed by atoms with Crippen LogP contribution in [-0.4, -0.2) is 56.0 Å². The highest BCUT2D eigenvalue weighted by Gasteiger charge is 2.37. The van der Waals surface area contributed by atoms with Gasteiger partial charge in [-0.05, 0) is 35.4 Å². The van der Waals surface area contributed by atoms with Crippen molar-refractivity contribution in [2.45, 2.75) is 12.2 Å². The first-order chi connectivity index (χ1) is 15.2. The molecule has 0 amide bonds. The summed E-state index contributed by atoms with van der Waals surface area (Å²) < 4.78 is 32.5. The first-order valence-electron chi connectivity index (χ1n) is 9.95. The molecule has 0 aromatic heterocycles. The zero-order valence-electron chi connectivity index (χ0n) is 17.1. The lowest BCUT2D eigenvalue weighted by Crippen LogP contribution is -2.34. The van der Waals surface area contributed by atoms with Gasteiger partial charge in [0.15, 0.2) is 23.0 Å². The van der Waals surface area contributed by atoms with Crippen LogP contribution in [0.1, 0.15) is 23.3 Å². The van der Waals surface area contributed by atoms with Gasteiger partial charge in [-0.15, -0.1) is 0 Å². The number of aliphatic hydroxyl groups is 3. The molecule has 0 aliphatic carbocycles. The molecule has 0 saturated heterocycles. The molecule has 4 rings (SSSR count). The molecule has 0 radical (unpaired) electrons. The lowest BCUT2D eigenvalue weighted by atomic mass is 9.79. The Morgan fingerprint density at radius 2 is 1.35 bits per heavy atom. The van der Waals surface area contributed by atoms with Crippen LogP contribution in [0.15, 0.2) is 36.4 Å². The van der Waals surface area contributed by atoms with Crippen molar-refractivity contribution in [2.75, 3.05) is 40.7 Å². The van der Waals surface area contributed by atoms with Crippen molar-refractivity contribution in [1.29, 1.82) is 0 Å². The van der Waals surface area contributed by atoms with Crippen LogP contribution in [0, 0.1) is 11.8 Å². The first-order valence-corrected chi connectivity index (χ1v) is 9.95. The Kier molecular flexibility index (Phi) is 6.79. The van der Waals surface area contributed by atoms with Gasteiger partial charge >= 0.3 is 0 Å². The maximum absolute atomic E-state index is 11.1. The number of rotatable bonds is 10. The van der Waals surface area contributed by atoms with Crippen molar-refractivity contribution in [3.05, 3.63) is 47.5 Å². The number of fused-ring (bicyclic) bond motifs is 2. The molecule has 0 fully saturated rings. The monoisotopic (exact) mass is 434 g/mol. The van der Waals surface area contributed by atoms with Crippen LogP contribution in [0.3, 0.4) is 0 Å². The highest BCUT2D eigenvalue weighted by molar-refractivity contribution is 5.46. The van der Waals surface area contributed by atoms with E-state index in [1.807, 2.05) is 0 Å². The van der Waals surface area contributed by atoms with Crippen molar-refractivity contribution < 1.29 is 43.7 Å². The van der Waals surface area contributed by atoms with E-state index in [0.29, 0.717) is 34.1 Å². The Morgan fingerprint density at radius 1 is 0.806 bits per heavy atom. The Labute approximate surface area is 179 Å². The molecular weight excluding hydrogens is 408 g/mol. The Bertz CT molecular complexity index is 887. The van der Waals surface area contributed by atoms with E-state index in [1.165, 1.54) is 7.11 Å². The molecule has 2 heterocycles. The number of ether oxygens (including phenoxy) is 6. The molecule has 2 aromatic rings. The fourth-order valence-electron chi connectivity index (χ4n) is 3.97. The Balaban J connectivity index is 1.63. The van der Waals surface area contributed by atoms with Crippen LogP contribution in [0.5, 0.6) is 23.0 Å². The number of benzene rings is 2. The summed E-state index contributed by atoms with van der Waals surface area (Å²) >= 11 is 0. The molecule has 3 N–H and O–H groups in total. The lowest BCUT2D eigenvalue weighted by molar-refractivity contribution is -0.126. The predicted octanol–water partition coefficient (Wildman–Crippen LogP) is 1.76. The molecular formula is C22H26O9. The lowest BCUT2D eigenvalue weighted by Gasteiger charge is -2.34. The molecule has 0 unspecified atom stereocenters. The van der Waals surface area contributed by atoms with Gasteiger partial charge in [0.1, 0.15) is 6.79 Å². The molecule has 4 atom stereocenters. The van der Waals surface area contributed by atoms with Crippen molar-refractivity contribution in [3.63, 3.8) is 0 Å². The summed E-state index contributed by atoms with van der Waals surface area (Å²) in [6, 6.07) is 10.4. The molecule has 168 valence electrons. The summed E-state index contributed by atoms with van der Waals surface area (Å²) in [5, 5.41) is 31.5. The average molecular weight is 434 g/mol. The quantitative estimate of drug-likeness (QED) is 0.481. The van der Waals surface area contributed by atoms with E-state index in [9.17, 15) is 15.3 Å². The van der Waals surface area contributed by atoms with Gasteiger partial charge < -0.3 is 43.7 Å². The molecule has 2 aromatic carbocycles. The standard InChI is InChI=1S/C22H26O9/c1-26-10-31-22(14-3-5-18-20(7-14)30-12-28-18)16(9-24)15(8-23)21(25)13-2-4-17-19(6-13)29-11-27-17/h2-7,15-16,21-25H,8-12H2,1H3/t15-,16-,21-,22+/m0/s1. The van der Waals surface area contributed by atoms with Crippen LogP contribution in [0.4, 0.5) is 0 Å². The SMILES string of the molecule is COCO[C@H](c1ccc2c(c1)OCO2)[C@@H](CO)[C@H](CO)[C@@H](O)c1ccc2c(c1)OCO2. The van der Waals surface area contributed by atoms with Gasteiger partial charge in [0, 0.05) is 32.2 Å². The minimum absolute atomic E-state index is 0.0339. The molecule has 0 spiro atoms. The summed E-state index contributed by atoms with van der Waals surface area (Å²) in [7, 11) is 1.50. The summed E-state index contributed by atoms with van der Waals surface area (Å²) in [5.74, 6) is 0.915. The van der Waals surface area contributed by atoms with Gasteiger partial charge in [-0.25, -0.2) is 0 Å². The van der Waals surface area contributed by atoms with Gasteiger partial charge in [0.05, 0.1) is 12.2 Å². The smallest absolute Gasteiger partial charge is 0.231 e. The second-order valence-corrected chi connectivity index (χ2v) is 7.36. The number of hydrogen-bond donors (Lipinski definition) is 3. The highest BCUT2D eigenvalue weighted by Crippen LogP contribution is 2.42. The van der Waals surface area contributed by atoms with Crippen LogP contribution < -0.4 is 18.9 Å². The molecule has 31 heavy (non-hydrogen) atoms. The summed E-state index contributed by atoms with van der Waals surface area (Å²) in [6.45, 7) is -0.496. The zero-order chi connectivity index (χ0) is 21.8. The summed E-state index contributed by atoms with van der Waals surface area (Å²) in [5.41, 5.74) is 1.25. The molecule has 2 aliphatic heterocycles. The molecule has 0 saturated carbocycles. The van der Waals surface area contributed by atoms with Gasteiger partial charge in [-0.1, -0.05) is 12.1 Å². The van der Waals surface area contributed by atoms with E-state index in [-0.39, 0.29) is 33.6 Å². The van der Waals surface area contributed by atoms with Crippen LogP contribution in [-0.2, 0) is 9.47 Å². The number of methoxy groups -OCH3 is 1. The molecule has 0 bridgehead atoms. The van der Waals surface area contributed by atoms with Crippen LogP contribution in [0.2, 0.25) is 0 Å². The van der Waals surface area contributed by atoms with Gasteiger partial charge in [-0.3, -0.25) is 0 Å². The van der Waals surface area contributed by atoms with E-state index in [1.54, 1.807) is 36.4 Å². The third-order valence-electron chi connectivity index (χ3n) is 5.59. The molecule has 2 aliphatic rings. The topological polar surface area (TPSA) is 116 Å². The summed E-state index contributed by atoms with van der Waals surface area (Å²) in [6.07, 6.45) is -1.76. The second-order valence-electron chi connectivity index (χ2n) is 7.36. The minimum atomic E-state index is -1.08. The van der Waals surface area contributed by atoms with E-state index in [0.717, 1.165) is 0 Å². The number of aliphatic hydroxyl groups excluding tert-OH is 3. The van der Waals surface area contributed by atoms with Crippen molar-refractivity contribution in [1.82, 2.24) is 0 Å². The number of hydrogen-bond acceptors (Lipinski definition) is 9. The van der Waals surface area contributed by atoms with Gasteiger partial charge in [-0.2, -0.15) is 0 Å². The Hall–Kier alpha value is -2.56. The molecule has 9 nitrogen and oxygen atoms in total. The van der Waals surface area contributed by atoms with Gasteiger partial charge in [0.25, 0.3) is 0 Å². The normalized spacial score (nSPS) is 17.9. The van der Waals surface area contributed by atoms with E-state index in [2.05, 4.69) is 0 Å². The second kappa shape index (κ2) is 9.71.